The standard InChI is InChI=1S/C19H24N4O3/c20-17-7-6-15(14-21-17)18(19(24)25)23-10-8-22(9-11-23)12-13-26-16-4-2-1-3-5-16/h1-7,14,18H,8-13H2,(H2,20,21)(H,24,25)/t18-/m1/s1. The predicted molar refractivity (Wildman–Crippen MR) is 99.0 cm³/mol. The van der Waals surface area contributed by atoms with Gasteiger partial charge in [0, 0.05) is 38.9 Å². The molecular formula is C19H24N4O3. The van der Waals surface area contributed by atoms with E-state index in [1.165, 1.54) is 0 Å². The van der Waals surface area contributed by atoms with Gasteiger partial charge in [0.2, 0.25) is 0 Å². The van der Waals surface area contributed by atoms with Crippen LogP contribution in [0.5, 0.6) is 5.75 Å². The van der Waals surface area contributed by atoms with Crippen LogP contribution < -0.4 is 10.5 Å². The summed E-state index contributed by atoms with van der Waals surface area (Å²) in [7, 11) is 0. The molecule has 3 rings (SSSR count). The molecule has 2 heterocycles. The molecule has 0 aliphatic carbocycles. The fourth-order valence-electron chi connectivity index (χ4n) is 3.14. The maximum atomic E-state index is 11.8. The molecule has 1 fully saturated rings. The number of nitrogen functional groups attached to an aromatic ring is 1. The Kier molecular flexibility index (Phi) is 6.04. The second kappa shape index (κ2) is 8.64. The molecule has 1 aliphatic rings. The van der Waals surface area contributed by atoms with E-state index < -0.39 is 12.0 Å². The van der Waals surface area contributed by atoms with E-state index in [0.29, 0.717) is 31.1 Å². The van der Waals surface area contributed by atoms with Gasteiger partial charge in [0.25, 0.3) is 0 Å². The van der Waals surface area contributed by atoms with Crippen LogP contribution in [0, 0.1) is 0 Å². The second-order valence-electron chi connectivity index (χ2n) is 6.30. The number of hydrogen-bond acceptors (Lipinski definition) is 6. The fourth-order valence-corrected chi connectivity index (χ4v) is 3.14. The highest BCUT2D eigenvalue weighted by Gasteiger charge is 2.30. The number of piperazine rings is 1. The topological polar surface area (TPSA) is 91.9 Å². The number of nitrogens with two attached hydrogens (primary N) is 1. The minimum atomic E-state index is -0.863. The van der Waals surface area contributed by atoms with Crippen molar-refractivity contribution in [1.82, 2.24) is 14.8 Å². The van der Waals surface area contributed by atoms with E-state index in [1.54, 1.807) is 18.3 Å². The van der Waals surface area contributed by atoms with E-state index in [4.69, 9.17) is 10.5 Å². The van der Waals surface area contributed by atoms with Crippen molar-refractivity contribution in [3.63, 3.8) is 0 Å². The summed E-state index contributed by atoms with van der Waals surface area (Å²) in [6.07, 6.45) is 1.55. The van der Waals surface area contributed by atoms with Crippen molar-refractivity contribution in [2.75, 3.05) is 45.1 Å². The van der Waals surface area contributed by atoms with Crippen LogP contribution in [0.1, 0.15) is 11.6 Å². The molecule has 2 aromatic rings. The van der Waals surface area contributed by atoms with Crippen molar-refractivity contribution in [1.29, 1.82) is 0 Å². The highest BCUT2D eigenvalue weighted by Crippen LogP contribution is 2.22. The van der Waals surface area contributed by atoms with Crippen molar-refractivity contribution in [2.24, 2.45) is 0 Å². The maximum Gasteiger partial charge on any atom is 0.325 e. The van der Waals surface area contributed by atoms with Crippen LogP contribution in [0.15, 0.2) is 48.7 Å². The van der Waals surface area contributed by atoms with Crippen LogP contribution in [0.4, 0.5) is 5.82 Å². The largest absolute Gasteiger partial charge is 0.492 e. The van der Waals surface area contributed by atoms with Crippen molar-refractivity contribution in [3.8, 4) is 5.75 Å². The first kappa shape index (κ1) is 18.2. The van der Waals surface area contributed by atoms with Crippen molar-refractivity contribution >= 4 is 11.8 Å². The number of carboxylic acids is 1. The Bertz CT molecular complexity index is 700. The maximum absolute atomic E-state index is 11.8. The molecule has 0 unspecified atom stereocenters. The van der Waals surface area contributed by atoms with E-state index in [2.05, 4.69) is 9.88 Å². The number of aromatic nitrogens is 1. The SMILES string of the molecule is Nc1ccc([C@H](C(=O)O)N2CCN(CCOc3ccccc3)CC2)cn1. The lowest BCUT2D eigenvalue weighted by Crippen LogP contribution is -2.50. The van der Waals surface area contributed by atoms with E-state index >= 15 is 0 Å². The Morgan fingerprint density at radius 1 is 1.15 bits per heavy atom. The molecule has 1 aromatic heterocycles. The molecule has 0 amide bonds. The molecule has 138 valence electrons. The van der Waals surface area contributed by atoms with Gasteiger partial charge in [-0.15, -0.1) is 0 Å². The molecule has 3 N–H and O–H groups in total. The zero-order valence-corrected chi connectivity index (χ0v) is 14.6. The number of para-hydroxylation sites is 1. The molecule has 0 radical (unpaired) electrons. The molecule has 0 saturated carbocycles. The van der Waals surface area contributed by atoms with Gasteiger partial charge in [-0.1, -0.05) is 24.3 Å². The average Bonchev–Trinajstić information content (AvgIpc) is 2.65. The highest BCUT2D eigenvalue weighted by atomic mass is 16.5. The highest BCUT2D eigenvalue weighted by molar-refractivity contribution is 5.75. The van der Waals surface area contributed by atoms with E-state index in [0.717, 1.165) is 25.4 Å². The van der Waals surface area contributed by atoms with Crippen molar-refractivity contribution < 1.29 is 14.6 Å². The van der Waals surface area contributed by atoms with Gasteiger partial charge in [0.05, 0.1) is 0 Å². The third kappa shape index (κ3) is 4.71. The van der Waals surface area contributed by atoms with E-state index in [9.17, 15) is 9.90 Å². The number of rotatable bonds is 7. The van der Waals surface area contributed by atoms with Crippen LogP contribution in [0.25, 0.3) is 0 Å². The summed E-state index contributed by atoms with van der Waals surface area (Å²) < 4.78 is 5.73. The lowest BCUT2D eigenvalue weighted by Gasteiger charge is -2.37. The van der Waals surface area contributed by atoms with Gasteiger partial charge in [-0.3, -0.25) is 14.6 Å². The molecule has 1 aromatic carbocycles. The second-order valence-corrected chi connectivity index (χ2v) is 6.30. The van der Waals surface area contributed by atoms with Crippen LogP contribution in [-0.4, -0.2) is 65.2 Å². The van der Waals surface area contributed by atoms with Crippen molar-refractivity contribution in [2.45, 2.75) is 6.04 Å². The number of carbonyl (C=O) groups is 1. The smallest absolute Gasteiger partial charge is 0.325 e. The lowest BCUT2D eigenvalue weighted by atomic mass is 10.1. The number of nitrogens with zero attached hydrogens (tertiary/aromatic N) is 3. The number of benzene rings is 1. The monoisotopic (exact) mass is 356 g/mol. The molecular weight excluding hydrogens is 332 g/mol. The number of carboxylic acid groups (broad SMARTS) is 1. The summed E-state index contributed by atoms with van der Waals surface area (Å²) in [4.78, 5) is 20.1. The summed E-state index contributed by atoms with van der Waals surface area (Å²) in [5.41, 5.74) is 6.26. The number of aliphatic carboxylic acids is 1. The normalized spacial score (nSPS) is 16.9. The van der Waals surface area contributed by atoms with Gasteiger partial charge in [0.1, 0.15) is 24.2 Å². The number of pyridine rings is 1. The number of ether oxygens (including phenoxy) is 1. The zero-order chi connectivity index (χ0) is 18.4. The molecule has 7 nitrogen and oxygen atoms in total. The summed E-state index contributed by atoms with van der Waals surface area (Å²) in [5, 5.41) is 9.65. The van der Waals surface area contributed by atoms with Crippen LogP contribution in [0.3, 0.4) is 0 Å². The first-order valence-electron chi connectivity index (χ1n) is 8.72. The summed E-state index contributed by atoms with van der Waals surface area (Å²) in [5.74, 6) is 0.395. The predicted octanol–water partition coefficient (Wildman–Crippen LogP) is 1.49. The van der Waals surface area contributed by atoms with Crippen molar-refractivity contribution in [3.05, 3.63) is 54.2 Å². The lowest BCUT2D eigenvalue weighted by molar-refractivity contribution is -0.144. The fraction of sp³-hybridized carbons (Fsp3) is 0.368. The van der Waals surface area contributed by atoms with Gasteiger partial charge in [-0.05, 0) is 23.8 Å². The average molecular weight is 356 g/mol. The Morgan fingerprint density at radius 3 is 2.50 bits per heavy atom. The Morgan fingerprint density at radius 2 is 1.88 bits per heavy atom. The molecule has 1 saturated heterocycles. The van der Waals surface area contributed by atoms with Crippen LogP contribution in [-0.2, 0) is 4.79 Å². The molecule has 1 atom stereocenters. The molecule has 1 aliphatic heterocycles. The summed E-state index contributed by atoms with van der Waals surface area (Å²) in [6, 6.07) is 12.4. The van der Waals surface area contributed by atoms with Gasteiger partial charge >= 0.3 is 5.97 Å². The third-order valence-electron chi connectivity index (χ3n) is 4.55. The molecule has 0 bridgehead atoms. The van der Waals surface area contributed by atoms with Gasteiger partial charge < -0.3 is 15.6 Å². The molecule has 7 heteroatoms. The van der Waals surface area contributed by atoms with E-state index in [-0.39, 0.29) is 0 Å². The first-order valence-corrected chi connectivity index (χ1v) is 8.72. The third-order valence-corrected chi connectivity index (χ3v) is 4.55. The summed E-state index contributed by atoms with van der Waals surface area (Å²) in [6.45, 7) is 4.44. The van der Waals surface area contributed by atoms with Crippen LogP contribution >= 0.6 is 0 Å². The van der Waals surface area contributed by atoms with E-state index in [1.807, 2.05) is 35.2 Å². The Labute approximate surface area is 153 Å². The number of hydrogen-bond donors (Lipinski definition) is 2. The number of anilines is 1. The minimum Gasteiger partial charge on any atom is -0.492 e. The molecule has 0 spiro atoms. The molecule has 26 heavy (non-hydrogen) atoms. The zero-order valence-electron chi connectivity index (χ0n) is 14.6. The summed E-state index contributed by atoms with van der Waals surface area (Å²) >= 11 is 0. The Hall–Kier alpha value is -2.64. The van der Waals surface area contributed by atoms with Gasteiger partial charge in [-0.2, -0.15) is 0 Å². The minimum absolute atomic E-state index is 0.390. The van der Waals surface area contributed by atoms with Gasteiger partial charge in [-0.25, -0.2) is 4.98 Å². The first-order chi connectivity index (χ1) is 12.6. The van der Waals surface area contributed by atoms with Gasteiger partial charge in [0.15, 0.2) is 0 Å². The van der Waals surface area contributed by atoms with Crippen LogP contribution in [0.2, 0.25) is 0 Å². The quantitative estimate of drug-likeness (QED) is 0.776. The Balaban J connectivity index is 1.50.